The highest BCUT2D eigenvalue weighted by molar-refractivity contribution is 7.81. The number of aromatic nitrogens is 4. The second-order valence-electron chi connectivity index (χ2n) is 8.27. The molecule has 0 amide bonds. The van der Waals surface area contributed by atoms with Crippen LogP contribution in [0.5, 0.6) is 0 Å². The number of hydrogen-bond acceptors (Lipinski definition) is 4. The summed E-state index contributed by atoms with van der Waals surface area (Å²) in [6.45, 7) is 0. The van der Waals surface area contributed by atoms with Crippen molar-refractivity contribution in [3.63, 3.8) is 0 Å². The molecule has 0 saturated heterocycles. The monoisotopic (exact) mass is 504 g/mol. The van der Waals surface area contributed by atoms with Gasteiger partial charge in [0.2, 0.25) is 0 Å². The molecule has 6 rings (SSSR count). The molecular weight excluding hydrogens is 484 g/mol. The second kappa shape index (κ2) is 9.33. The van der Waals surface area contributed by atoms with Gasteiger partial charge < -0.3 is 20.6 Å². The molecule has 0 aliphatic rings. The molecule has 0 spiro atoms. The average Bonchev–Trinajstić information content (AvgIpc) is 3.54. The molecule has 174 valence electrons. The molecule has 0 unspecified atom stereocenters. The number of nitrogens with one attached hydrogen (secondary N) is 4. The number of nitrogens with zero attached hydrogens (tertiary/aromatic N) is 2. The van der Waals surface area contributed by atoms with Gasteiger partial charge in [-0.05, 0) is 59.7 Å². The maximum Gasteiger partial charge on any atom is 0.166 e. The third-order valence-corrected chi connectivity index (χ3v) is 6.42. The van der Waals surface area contributed by atoms with E-state index in [-0.39, 0.29) is 0 Å². The molecule has 36 heavy (non-hydrogen) atoms. The highest BCUT2D eigenvalue weighted by Crippen LogP contribution is 2.24. The number of fused-ring (bicyclic) bond motifs is 2. The fourth-order valence-corrected chi connectivity index (χ4v) is 4.42. The van der Waals surface area contributed by atoms with E-state index in [0.29, 0.717) is 21.6 Å². The van der Waals surface area contributed by atoms with Crippen molar-refractivity contribution < 1.29 is 0 Å². The molecule has 0 saturated carbocycles. The SMILES string of the molecule is S=C(Nc1ccc(-c2ccc(NC(=S)c3nc4ccccc4[nH]3)cc2)cc1)c1nc2ccccc2[nH]1. The van der Waals surface area contributed by atoms with Gasteiger partial charge in [0.05, 0.1) is 22.1 Å². The summed E-state index contributed by atoms with van der Waals surface area (Å²) in [5.41, 5.74) is 7.71. The Labute approximate surface area is 217 Å². The van der Waals surface area contributed by atoms with E-state index in [1.165, 1.54) is 0 Å². The molecule has 0 atom stereocenters. The topological polar surface area (TPSA) is 81.4 Å². The number of H-pyrrole nitrogens is 2. The van der Waals surface area contributed by atoms with Gasteiger partial charge in [-0.2, -0.15) is 0 Å². The summed E-state index contributed by atoms with van der Waals surface area (Å²) in [6.07, 6.45) is 0. The number of thiocarbonyl (C=S) groups is 2. The minimum atomic E-state index is 0.551. The number of rotatable bonds is 5. The number of anilines is 2. The first-order chi connectivity index (χ1) is 17.6. The van der Waals surface area contributed by atoms with Gasteiger partial charge in [-0.1, -0.05) is 73.0 Å². The standard InChI is InChI=1S/C28H20N6S2/c35-27(25-31-21-5-1-2-6-22(21)32-25)29-19-13-9-17(10-14-19)18-11-15-20(16-12-18)30-28(36)26-33-23-7-3-4-8-24(23)34-26/h1-16H,(H,29,35)(H,30,36)(H,31,32)(H,33,34). The first kappa shape index (κ1) is 22.1. The zero-order chi connectivity index (χ0) is 24.5. The second-order valence-corrected chi connectivity index (χ2v) is 9.08. The molecule has 0 aliphatic carbocycles. The van der Waals surface area contributed by atoms with Gasteiger partial charge >= 0.3 is 0 Å². The highest BCUT2D eigenvalue weighted by atomic mass is 32.1. The Morgan fingerprint density at radius 2 is 0.917 bits per heavy atom. The van der Waals surface area contributed by atoms with E-state index < -0.39 is 0 Å². The first-order valence-corrected chi connectivity index (χ1v) is 12.2. The lowest BCUT2D eigenvalue weighted by molar-refractivity contribution is 1.29. The Balaban J connectivity index is 1.11. The van der Waals surface area contributed by atoms with Crippen LogP contribution in [0.25, 0.3) is 33.2 Å². The average molecular weight is 505 g/mol. The van der Waals surface area contributed by atoms with Gasteiger partial charge in [-0.3, -0.25) is 0 Å². The van der Waals surface area contributed by atoms with Gasteiger partial charge in [0.1, 0.15) is 9.98 Å². The van der Waals surface area contributed by atoms with Crippen LogP contribution in [0.15, 0.2) is 97.1 Å². The van der Waals surface area contributed by atoms with E-state index in [2.05, 4.69) is 54.8 Å². The quantitative estimate of drug-likeness (QED) is 0.196. The molecule has 4 N–H and O–H groups in total. The third-order valence-electron chi connectivity index (χ3n) is 5.83. The van der Waals surface area contributed by atoms with Gasteiger partial charge in [-0.15, -0.1) is 0 Å². The fraction of sp³-hybridized carbons (Fsp3) is 0. The molecule has 6 aromatic rings. The van der Waals surface area contributed by atoms with Crippen molar-refractivity contribution in [2.75, 3.05) is 10.6 Å². The zero-order valence-electron chi connectivity index (χ0n) is 18.9. The maximum atomic E-state index is 5.54. The number of imidazole rings is 2. The van der Waals surface area contributed by atoms with Gasteiger partial charge in [-0.25, -0.2) is 9.97 Å². The lowest BCUT2D eigenvalue weighted by Crippen LogP contribution is -2.12. The smallest absolute Gasteiger partial charge is 0.166 e. The van der Waals surface area contributed by atoms with Crippen molar-refractivity contribution in [2.24, 2.45) is 0 Å². The predicted molar refractivity (Wildman–Crippen MR) is 155 cm³/mol. The summed E-state index contributed by atoms with van der Waals surface area (Å²) in [6, 6.07) is 32.0. The van der Waals surface area contributed by atoms with E-state index in [0.717, 1.165) is 44.6 Å². The molecule has 2 heterocycles. The van der Waals surface area contributed by atoms with Crippen LogP contribution >= 0.6 is 24.4 Å². The summed E-state index contributed by atoms with van der Waals surface area (Å²) in [5, 5.41) is 6.52. The van der Waals surface area contributed by atoms with Gasteiger partial charge in [0.25, 0.3) is 0 Å². The maximum absolute atomic E-state index is 5.54. The lowest BCUT2D eigenvalue weighted by Gasteiger charge is -2.09. The minimum absolute atomic E-state index is 0.551. The van der Waals surface area contributed by atoms with Crippen molar-refractivity contribution in [3.8, 4) is 11.1 Å². The lowest BCUT2D eigenvalue weighted by atomic mass is 10.0. The number of para-hydroxylation sites is 4. The zero-order valence-corrected chi connectivity index (χ0v) is 20.6. The fourth-order valence-electron chi connectivity index (χ4n) is 3.99. The van der Waals surface area contributed by atoms with E-state index in [1.54, 1.807) is 0 Å². The van der Waals surface area contributed by atoms with Crippen molar-refractivity contribution in [1.29, 1.82) is 0 Å². The molecule has 0 bridgehead atoms. The molecule has 4 aromatic carbocycles. The van der Waals surface area contributed by atoms with Crippen LogP contribution in [0.1, 0.15) is 11.6 Å². The number of aromatic amines is 2. The van der Waals surface area contributed by atoms with Crippen molar-refractivity contribution >= 4 is 67.9 Å². The minimum Gasteiger partial charge on any atom is -0.344 e. The van der Waals surface area contributed by atoms with Crippen LogP contribution in [0.3, 0.4) is 0 Å². The number of benzene rings is 4. The van der Waals surface area contributed by atoms with E-state index in [9.17, 15) is 0 Å². The van der Waals surface area contributed by atoms with Gasteiger partial charge in [0.15, 0.2) is 11.6 Å². The molecule has 0 radical (unpaired) electrons. The van der Waals surface area contributed by atoms with Crippen molar-refractivity contribution in [3.05, 3.63) is 109 Å². The van der Waals surface area contributed by atoms with Crippen LogP contribution in [-0.2, 0) is 0 Å². The molecule has 0 fully saturated rings. The Morgan fingerprint density at radius 3 is 1.31 bits per heavy atom. The van der Waals surface area contributed by atoms with Crippen LogP contribution in [0, 0.1) is 0 Å². The van der Waals surface area contributed by atoms with Crippen LogP contribution < -0.4 is 10.6 Å². The predicted octanol–water partition coefficient (Wildman–Crippen LogP) is 6.68. The molecular formula is C28H20N6S2. The first-order valence-electron chi connectivity index (χ1n) is 11.4. The van der Waals surface area contributed by atoms with Crippen molar-refractivity contribution in [2.45, 2.75) is 0 Å². The van der Waals surface area contributed by atoms with Crippen molar-refractivity contribution in [1.82, 2.24) is 19.9 Å². The van der Waals surface area contributed by atoms with Crippen LogP contribution in [0.2, 0.25) is 0 Å². The summed E-state index contributed by atoms with van der Waals surface area (Å²) in [7, 11) is 0. The highest BCUT2D eigenvalue weighted by Gasteiger charge is 2.10. The molecule has 8 heteroatoms. The van der Waals surface area contributed by atoms with E-state index in [4.69, 9.17) is 24.4 Å². The summed E-state index contributed by atoms with van der Waals surface area (Å²) >= 11 is 11.1. The Morgan fingerprint density at radius 1 is 0.528 bits per heavy atom. The summed E-state index contributed by atoms with van der Waals surface area (Å²) in [5.74, 6) is 1.30. The molecule has 2 aromatic heterocycles. The summed E-state index contributed by atoms with van der Waals surface area (Å²) in [4.78, 5) is 16.7. The summed E-state index contributed by atoms with van der Waals surface area (Å²) < 4.78 is 0. The van der Waals surface area contributed by atoms with Crippen LogP contribution in [-0.4, -0.2) is 29.9 Å². The Kier molecular flexibility index (Phi) is 5.73. The van der Waals surface area contributed by atoms with E-state index in [1.807, 2.05) is 72.8 Å². The molecule has 0 aliphatic heterocycles. The number of hydrogen-bond donors (Lipinski definition) is 4. The van der Waals surface area contributed by atoms with Crippen LogP contribution in [0.4, 0.5) is 11.4 Å². The third kappa shape index (κ3) is 4.47. The Bertz CT molecular complexity index is 1520. The largest absolute Gasteiger partial charge is 0.344 e. The normalized spacial score (nSPS) is 11.0. The van der Waals surface area contributed by atoms with E-state index >= 15 is 0 Å². The van der Waals surface area contributed by atoms with Gasteiger partial charge in [0, 0.05) is 11.4 Å². The Hall–Kier alpha value is -4.40. The molecule has 6 nitrogen and oxygen atoms in total.